The molecule has 1 saturated heterocycles. The molecule has 1 saturated carbocycles. The zero-order valence-corrected chi connectivity index (χ0v) is 16.1. The van der Waals surface area contributed by atoms with Crippen molar-refractivity contribution in [2.24, 2.45) is 0 Å². The number of piperidine rings is 1. The van der Waals surface area contributed by atoms with Gasteiger partial charge in [-0.25, -0.2) is 18.4 Å². The van der Waals surface area contributed by atoms with Crippen LogP contribution in [-0.2, 0) is 9.84 Å². The van der Waals surface area contributed by atoms with Gasteiger partial charge in [0.2, 0.25) is 5.95 Å². The summed E-state index contributed by atoms with van der Waals surface area (Å²) >= 11 is 0. The van der Waals surface area contributed by atoms with Gasteiger partial charge in [0.15, 0.2) is 9.84 Å². The Hall–Kier alpha value is -0.960. The molecule has 9 heteroatoms. The van der Waals surface area contributed by atoms with E-state index in [1.165, 1.54) is 12.5 Å². The Morgan fingerprint density at radius 2 is 1.96 bits per heavy atom. The minimum absolute atomic E-state index is 0. The summed E-state index contributed by atoms with van der Waals surface area (Å²) in [6, 6.07) is 0.231. The fourth-order valence-electron chi connectivity index (χ4n) is 3.52. The van der Waals surface area contributed by atoms with Crippen LogP contribution in [0.4, 0.5) is 5.95 Å². The van der Waals surface area contributed by atoms with Crippen molar-refractivity contribution in [1.82, 2.24) is 15.3 Å². The second-order valence-electron chi connectivity index (χ2n) is 6.91. The standard InChI is InChI=1S/C16H26N4O3S.ClH/c1-24(22,23)14-10-18-16(19-12-4-6-13(21)7-5-12)20-15(14)11-3-2-8-17-9-11;/h10-13,17,21H,2-9H2,1H3,(H,18,19,20);1H. The van der Waals surface area contributed by atoms with E-state index in [2.05, 4.69) is 20.6 Å². The number of halogens is 1. The first kappa shape index (κ1) is 20.4. The van der Waals surface area contributed by atoms with Gasteiger partial charge in [0, 0.05) is 24.8 Å². The zero-order chi connectivity index (χ0) is 17.2. The van der Waals surface area contributed by atoms with E-state index in [0.29, 0.717) is 11.6 Å². The molecule has 2 heterocycles. The first-order valence-corrected chi connectivity index (χ1v) is 10.5. The van der Waals surface area contributed by atoms with Crippen LogP contribution < -0.4 is 10.6 Å². The van der Waals surface area contributed by atoms with Crippen molar-refractivity contribution in [1.29, 1.82) is 0 Å². The number of aromatic nitrogens is 2. The molecule has 1 aromatic heterocycles. The van der Waals surface area contributed by atoms with Crippen molar-refractivity contribution in [3.63, 3.8) is 0 Å². The van der Waals surface area contributed by atoms with Crippen molar-refractivity contribution in [3.8, 4) is 0 Å². The third-order valence-corrected chi connectivity index (χ3v) is 6.01. The van der Waals surface area contributed by atoms with Crippen LogP contribution in [0.15, 0.2) is 11.1 Å². The zero-order valence-electron chi connectivity index (χ0n) is 14.4. The van der Waals surface area contributed by atoms with Crippen molar-refractivity contribution < 1.29 is 13.5 Å². The van der Waals surface area contributed by atoms with Crippen molar-refractivity contribution in [2.75, 3.05) is 24.7 Å². The number of hydrogen-bond donors (Lipinski definition) is 3. The summed E-state index contributed by atoms with van der Waals surface area (Å²) in [6.45, 7) is 1.71. The normalized spacial score (nSPS) is 27.4. The number of aliphatic hydroxyl groups is 1. The highest BCUT2D eigenvalue weighted by molar-refractivity contribution is 7.90. The van der Waals surface area contributed by atoms with Crippen molar-refractivity contribution >= 4 is 28.2 Å². The Morgan fingerprint density at radius 1 is 1.24 bits per heavy atom. The Balaban J connectivity index is 0.00000225. The molecule has 1 atom stereocenters. The fourth-order valence-corrected chi connectivity index (χ4v) is 4.36. The summed E-state index contributed by atoms with van der Waals surface area (Å²) in [7, 11) is -3.35. The molecule has 0 radical (unpaired) electrons. The molecule has 0 bridgehead atoms. The van der Waals surface area contributed by atoms with Crippen molar-refractivity contribution in [3.05, 3.63) is 11.9 Å². The van der Waals surface area contributed by atoms with Gasteiger partial charge in [-0.05, 0) is 45.1 Å². The molecule has 7 nitrogen and oxygen atoms in total. The Morgan fingerprint density at radius 3 is 2.56 bits per heavy atom. The lowest BCUT2D eigenvalue weighted by Gasteiger charge is -2.27. The van der Waals surface area contributed by atoms with Crippen LogP contribution in [-0.4, -0.2) is 55.0 Å². The van der Waals surface area contributed by atoms with Gasteiger partial charge < -0.3 is 15.7 Å². The Kier molecular flexibility index (Phi) is 7.01. The van der Waals surface area contributed by atoms with Gasteiger partial charge >= 0.3 is 0 Å². The van der Waals surface area contributed by atoms with Crippen LogP contribution in [0, 0.1) is 0 Å². The maximum absolute atomic E-state index is 12.1. The van der Waals surface area contributed by atoms with E-state index < -0.39 is 9.84 Å². The summed E-state index contributed by atoms with van der Waals surface area (Å²) in [5.41, 5.74) is 0.623. The lowest BCUT2D eigenvalue weighted by Crippen LogP contribution is -2.31. The minimum Gasteiger partial charge on any atom is -0.393 e. The summed E-state index contributed by atoms with van der Waals surface area (Å²) in [5.74, 6) is 0.588. The van der Waals surface area contributed by atoms with E-state index in [-0.39, 0.29) is 35.4 Å². The summed E-state index contributed by atoms with van der Waals surface area (Å²) in [6.07, 6.45) is 7.69. The molecule has 2 fully saturated rings. The first-order chi connectivity index (χ1) is 11.4. The monoisotopic (exact) mass is 390 g/mol. The predicted molar refractivity (Wildman–Crippen MR) is 99.1 cm³/mol. The largest absolute Gasteiger partial charge is 0.393 e. The van der Waals surface area contributed by atoms with Crippen LogP contribution in [0.25, 0.3) is 0 Å². The van der Waals surface area contributed by atoms with Crippen LogP contribution >= 0.6 is 12.4 Å². The second kappa shape index (κ2) is 8.62. The number of sulfone groups is 1. The molecule has 1 unspecified atom stereocenters. The first-order valence-electron chi connectivity index (χ1n) is 8.66. The molecule has 25 heavy (non-hydrogen) atoms. The topological polar surface area (TPSA) is 104 Å². The average molecular weight is 391 g/mol. The molecule has 3 rings (SSSR count). The van der Waals surface area contributed by atoms with E-state index in [0.717, 1.165) is 51.6 Å². The average Bonchev–Trinajstić information content (AvgIpc) is 2.57. The maximum atomic E-state index is 12.1. The molecule has 2 aliphatic rings. The van der Waals surface area contributed by atoms with Crippen LogP contribution in [0.1, 0.15) is 50.1 Å². The van der Waals surface area contributed by atoms with Gasteiger partial charge in [-0.2, -0.15) is 0 Å². The van der Waals surface area contributed by atoms with E-state index in [9.17, 15) is 13.5 Å². The molecule has 0 aromatic carbocycles. The van der Waals surface area contributed by atoms with Crippen LogP contribution in [0.2, 0.25) is 0 Å². The van der Waals surface area contributed by atoms with Gasteiger partial charge in [0.25, 0.3) is 0 Å². The molecule has 1 aromatic rings. The molecular weight excluding hydrogens is 364 g/mol. The third-order valence-electron chi connectivity index (χ3n) is 4.90. The third kappa shape index (κ3) is 5.26. The SMILES string of the molecule is CS(=O)(=O)c1cnc(NC2CCC(O)CC2)nc1C1CCCNC1.Cl. The van der Waals surface area contributed by atoms with Crippen molar-refractivity contribution in [2.45, 2.75) is 61.5 Å². The van der Waals surface area contributed by atoms with E-state index >= 15 is 0 Å². The highest BCUT2D eigenvalue weighted by Gasteiger charge is 2.26. The Bertz CT molecular complexity index is 672. The van der Waals surface area contributed by atoms with Gasteiger partial charge in [0.05, 0.1) is 18.0 Å². The molecular formula is C16H27ClN4O3S. The summed E-state index contributed by atoms with van der Waals surface area (Å²) in [4.78, 5) is 9.04. The molecule has 3 N–H and O–H groups in total. The summed E-state index contributed by atoms with van der Waals surface area (Å²) < 4.78 is 24.2. The molecule has 1 aliphatic heterocycles. The Labute approximate surface area is 155 Å². The van der Waals surface area contributed by atoms with E-state index in [1.54, 1.807) is 0 Å². The quantitative estimate of drug-likeness (QED) is 0.715. The predicted octanol–water partition coefficient (Wildman–Crippen LogP) is 1.48. The van der Waals surface area contributed by atoms with E-state index in [1.807, 2.05) is 0 Å². The van der Waals surface area contributed by atoms with Gasteiger partial charge in [-0.3, -0.25) is 0 Å². The van der Waals surface area contributed by atoms with Crippen LogP contribution in [0.3, 0.4) is 0 Å². The number of aliphatic hydroxyl groups excluding tert-OH is 1. The molecule has 0 spiro atoms. The number of anilines is 1. The number of nitrogens with one attached hydrogen (secondary N) is 2. The lowest BCUT2D eigenvalue weighted by atomic mass is 9.93. The van der Waals surface area contributed by atoms with Gasteiger partial charge in [-0.1, -0.05) is 0 Å². The molecule has 142 valence electrons. The fraction of sp³-hybridized carbons (Fsp3) is 0.750. The van der Waals surface area contributed by atoms with Gasteiger partial charge in [0.1, 0.15) is 4.90 Å². The molecule has 0 amide bonds. The maximum Gasteiger partial charge on any atom is 0.223 e. The highest BCUT2D eigenvalue weighted by atomic mass is 35.5. The number of nitrogens with zero attached hydrogens (tertiary/aromatic N) is 2. The highest BCUT2D eigenvalue weighted by Crippen LogP contribution is 2.28. The second-order valence-corrected chi connectivity index (χ2v) is 8.89. The smallest absolute Gasteiger partial charge is 0.223 e. The minimum atomic E-state index is -3.35. The lowest BCUT2D eigenvalue weighted by molar-refractivity contribution is 0.126. The number of rotatable bonds is 4. The van der Waals surface area contributed by atoms with Crippen LogP contribution in [0.5, 0.6) is 0 Å². The van der Waals surface area contributed by atoms with Gasteiger partial charge in [-0.15, -0.1) is 12.4 Å². The molecule has 1 aliphatic carbocycles. The number of hydrogen-bond acceptors (Lipinski definition) is 7. The summed E-state index contributed by atoms with van der Waals surface area (Å²) in [5, 5.41) is 16.2. The van der Waals surface area contributed by atoms with E-state index in [4.69, 9.17) is 0 Å².